The number of hydrogen-bond acceptors (Lipinski definition) is 3. The maximum absolute atomic E-state index is 13.7. The molecule has 3 nitrogen and oxygen atoms in total. The van der Waals surface area contributed by atoms with Gasteiger partial charge in [-0.25, -0.2) is 13.8 Å². The molecule has 0 fully saturated rings. The number of rotatable bonds is 4. The van der Waals surface area contributed by atoms with E-state index in [1.807, 2.05) is 13.0 Å². The molecule has 0 saturated heterocycles. The molecule has 0 aliphatic carbocycles. The van der Waals surface area contributed by atoms with Gasteiger partial charge in [0.15, 0.2) is 0 Å². The second-order valence-corrected chi connectivity index (χ2v) is 4.21. The third-order valence-corrected chi connectivity index (χ3v) is 2.97. The summed E-state index contributed by atoms with van der Waals surface area (Å²) in [5, 5.41) is 8.84. The average Bonchev–Trinajstić information content (AvgIpc) is 2.47. The molecule has 0 aliphatic rings. The van der Waals surface area contributed by atoms with Crippen LogP contribution in [0.2, 0.25) is 0 Å². The Labute approximate surface area is 116 Å². The van der Waals surface area contributed by atoms with E-state index < -0.39 is 11.6 Å². The molecule has 0 atom stereocenters. The summed E-state index contributed by atoms with van der Waals surface area (Å²) in [6.07, 6.45) is 0. The van der Waals surface area contributed by atoms with E-state index in [0.29, 0.717) is 12.4 Å². The van der Waals surface area contributed by atoms with Gasteiger partial charge in [-0.2, -0.15) is 5.26 Å². The van der Waals surface area contributed by atoms with Crippen molar-refractivity contribution in [1.82, 2.24) is 4.98 Å². The molecule has 0 saturated carbocycles. The van der Waals surface area contributed by atoms with Crippen LogP contribution in [0.4, 0.5) is 14.6 Å². The molecule has 0 amide bonds. The van der Waals surface area contributed by atoms with Crippen molar-refractivity contribution in [3.63, 3.8) is 0 Å². The van der Waals surface area contributed by atoms with Crippen LogP contribution in [0, 0.1) is 23.0 Å². The fraction of sp³-hybridized carbons (Fsp3) is 0.200. The molecule has 2 aromatic rings. The van der Waals surface area contributed by atoms with E-state index in [4.69, 9.17) is 5.26 Å². The first-order valence-electron chi connectivity index (χ1n) is 6.20. The minimum absolute atomic E-state index is 0.00138. The van der Waals surface area contributed by atoms with Crippen LogP contribution in [-0.4, -0.2) is 11.5 Å². The van der Waals surface area contributed by atoms with Gasteiger partial charge in [-0.1, -0.05) is 12.1 Å². The number of aromatic nitrogens is 1. The lowest BCUT2D eigenvalue weighted by Gasteiger charge is -2.22. The molecule has 0 N–H and O–H groups in total. The van der Waals surface area contributed by atoms with Gasteiger partial charge in [0.05, 0.1) is 6.54 Å². The Balaban J connectivity index is 2.32. The molecule has 1 aromatic carbocycles. The van der Waals surface area contributed by atoms with Crippen LogP contribution in [-0.2, 0) is 6.54 Å². The molecule has 0 unspecified atom stereocenters. The van der Waals surface area contributed by atoms with Gasteiger partial charge in [0.2, 0.25) is 0 Å². The molecular weight excluding hydrogens is 260 g/mol. The summed E-state index contributed by atoms with van der Waals surface area (Å²) in [6, 6.07) is 10.7. The highest BCUT2D eigenvalue weighted by Gasteiger charge is 2.14. The summed E-state index contributed by atoms with van der Waals surface area (Å²) in [6.45, 7) is 2.45. The van der Waals surface area contributed by atoms with Gasteiger partial charge in [0.1, 0.15) is 29.2 Å². The Morgan fingerprint density at radius 2 is 1.80 bits per heavy atom. The molecule has 20 heavy (non-hydrogen) atoms. The fourth-order valence-corrected chi connectivity index (χ4v) is 1.89. The van der Waals surface area contributed by atoms with E-state index in [0.717, 1.165) is 0 Å². The lowest BCUT2D eigenvalue weighted by Crippen LogP contribution is -2.24. The topological polar surface area (TPSA) is 39.9 Å². The van der Waals surface area contributed by atoms with Crippen molar-refractivity contribution < 1.29 is 8.78 Å². The van der Waals surface area contributed by atoms with Crippen LogP contribution >= 0.6 is 0 Å². The highest BCUT2D eigenvalue weighted by molar-refractivity contribution is 5.42. The Bertz CT molecular complexity index is 630. The fourth-order valence-electron chi connectivity index (χ4n) is 1.89. The number of halogens is 2. The number of nitriles is 1. The number of nitrogens with zero attached hydrogens (tertiary/aromatic N) is 3. The van der Waals surface area contributed by atoms with Crippen LogP contribution in [0.25, 0.3) is 0 Å². The van der Waals surface area contributed by atoms with Crippen molar-refractivity contribution in [2.75, 3.05) is 11.4 Å². The summed E-state index contributed by atoms with van der Waals surface area (Å²) in [7, 11) is 0. The maximum Gasteiger partial charge on any atom is 0.142 e. The average molecular weight is 273 g/mol. The van der Waals surface area contributed by atoms with Gasteiger partial charge < -0.3 is 4.90 Å². The summed E-state index contributed by atoms with van der Waals surface area (Å²) < 4.78 is 27.3. The Morgan fingerprint density at radius 1 is 1.15 bits per heavy atom. The summed E-state index contributed by atoms with van der Waals surface area (Å²) in [5.41, 5.74) is 0.272. The second kappa shape index (κ2) is 6.11. The molecule has 1 heterocycles. The number of pyridine rings is 1. The zero-order chi connectivity index (χ0) is 14.5. The Morgan fingerprint density at radius 3 is 2.40 bits per heavy atom. The van der Waals surface area contributed by atoms with Gasteiger partial charge in [0, 0.05) is 12.1 Å². The van der Waals surface area contributed by atoms with Gasteiger partial charge in [-0.3, -0.25) is 0 Å². The number of hydrogen-bond donors (Lipinski definition) is 0. The van der Waals surface area contributed by atoms with E-state index in [2.05, 4.69) is 4.98 Å². The SMILES string of the molecule is CCN(Cc1c(F)cccc1F)c1cccc(C#N)n1. The van der Waals surface area contributed by atoms with Gasteiger partial charge in [-0.15, -0.1) is 0 Å². The van der Waals surface area contributed by atoms with Crippen molar-refractivity contribution >= 4 is 5.82 Å². The summed E-state index contributed by atoms with van der Waals surface area (Å²) in [5.74, 6) is -0.644. The highest BCUT2D eigenvalue weighted by atomic mass is 19.1. The van der Waals surface area contributed by atoms with E-state index in [-0.39, 0.29) is 17.8 Å². The monoisotopic (exact) mass is 273 g/mol. The molecule has 102 valence electrons. The Hall–Kier alpha value is -2.48. The van der Waals surface area contributed by atoms with Crippen molar-refractivity contribution in [2.24, 2.45) is 0 Å². The second-order valence-electron chi connectivity index (χ2n) is 4.21. The minimum Gasteiger partial charge on any atom is -0.352 e. The molecule has 0 radical (unpaired) electrons. The quantitative estimate of drug-likeness (QED) is 0.858. The van der Waals surface area contributed by atoms with Crippen LogP contribution in [0.1, 0.15) is 18.2 Å². The molecule has 2 rings (SSSR count). The van der Waals surface area contributed by atoms with Gasteiger partial charge in [0.25, 0.3) is 0 Å². The number of anilines is 1. The standard InChI is InChI=1S/C15H13F2N3/c1-2-20(15-8-3-5-11(9-18)19-15)10-12-13(16)6-4-7-14(12)17/h3-8H,2,10H2,1H3. The van der Waals surface area contributed by atoms with E-state index >= 15 is 0 Å². The minimum atomic E-state index is -0.583. The van der Waals surface area contributed by atoms with Crippen molar-refractivity contribution in [2.45, 2.75) is 13.5 Å². The van der Waals surface area contributed by atoms with E-state index in [1.54, 1.807) is 23.1 Å². The van der Waals surface area contributed by atoms with Crippen LogP contribution < -0.4 is 4.90 Å². The van der Waals surface area contributed by atoms with Crippen molar-refractivity contribution in [3.8, 4) is 6.07 Å². The molecule has 0 spiro atoms. The first-order valence-corrected chi connectivity index (χ1v) is 6.20. The first kappa shape index (κ1) is 13.9. The lowest BCUT2D eigenvalue weighted by atomic mass is 10.2. The smallest absolute Gasteiger partial charge is 0.142 e. The largest absolute Gasteiger partial charge is 0.352 e. The van der Waals surface area contributed by atoms with Crippen LogP contribution in [0.15, 0.2) is 36.4 Å². The molecule has 0 bridgehead atoms. The normalized spacial score (nSPS) is 10.1. The third kappa shape index (κ3) is 2.91. The summed E-state index contributed by atoms with van der Waals surface area (Å²) in [4.78, 5) is 5.85. The van der Waals surface area contributed by atoms with Crippen molar-refractivity contribution in [3.05, 3.63) is 59.3 Å². The zero-order valence-corrected chi connectivity index (χ0v) is 11.0. The van der Waals surface area contributed by atoms with Crippen LogP contribution in [0.5, 0.6) is 0 Å². The predicted molar refractivity (Wildman–Crippen MR) is 72.0 cm³/mol. The lowest BCUT2D eigenvalue weighted by molar-refractivity contribution is 0.550. The van der Waals surface area contributed by atoms with Gasteiger partial charge in [-0.05, 0) is 31.2 Å². The molecule has 5 heteroatoms. The zero-order valence-electron chi connectivity index (χ0n) is 11.0. The predicted octanol–water partition coefficient (Wildman–Crippen LogP) is 3.26. The summed E-state index contributed by atoms with van der Waals surface area (Å²) >= 11 is 0. The third-order valence-electron chi connectivity index (χ3n) is 2.97. The van der Waals surface area contributed by atoms with E-state index in [9.17, 15) is 8.78 Å². The molecule has 1 aromatic heterocycles. The maximum atomic E-state index is 13.7. The highest BCUT2D eigenvalue weighted by Crippen LogP contribution is 2.19. The first-order chi connectivity index (χ1) is 9.65. The number of benzene rings is 1. The van der Waals surface area contributed by atoms with Crippen molar-refractivity contribution in [1.29, 1.82) is 5.26 Å². The molecule has 0 aliphatic heterocycles. The van der Waals surface area contributed by atoms with Crippen LogP contribution in [0.3, 0.4) is 0 Å². The van der Waals surface area contributed by atoms with E-state index in [1.165, 1.54) is 18.2 Å². The van der Waals surface area contributed by atoms with Gasteiger partial charge >= 0.3 is 0 Å². The molecular formula is C15H13F2N3. The Kier molecular flexibility index (Phi) is 4.26.